The number of halogens is 1. The quantitative estimate of drug-likeness (QED) is 0.860. The number of hydrogen-bond acceptors (Lipinski definition) is 5. The lowest BCUT2D eigenvalue weighted by molar-refractivity contribution is 0.171. The molecule has 1 aromatic carbocycles. The van der Waals surface area contributed by atoms with Gasteiger partial charge in [0.05, 0.1) is 26.5 Å². The maximum Gasteiger partial charge on any atom is 0.162 e. The predicted octanol–water partition coefficient (Wildman–Crippen LogP) is 1.55. The lowest BCUT2D eigenvalue weighted by Crippen LogP contribution is -2.15. The summed E-state index contributed by atoms with van der Waals surface area (Å²) >= 11 is 6.16. The first-order valence-corrected chi connectivity index (χ1v) is 7.65. The summed E-state index contributed by atoms with van der Waals surface area (Å²) in [5.74, 6) is 2.03. The van der Waals surface area contributed by atoms with Gasteiger partial charge < -0.3 is 14.0 Å². The molecule has 2 aromatic rings. The molecule has 2 heterocycles. The fraction of sp³-hybridized carbons (Fsp3) is 0.333. The predicted molar refractivity (Wildman–Crippen MR) is 73.6 cm³/mol. The van der Waals surface area contributed by atoms with Crippen LogP contribution in [0, 0.1) is 0 Å². The van der Waals surface area contributed by atoms with E-state index in [-0.39, 0.29) is 5.75 Å². The van der Waals surface area contributed by atoms with Crippen LogP contribution in [-0.2, 0) is 23.6 Å². The molecule has 0 unspecified atom stereocenters. The number of ether oxygens (including phenoxy) is 2. The largest absolute Gasteiger partial charge is 0.486 e. The molecule has 0 spiro atoms. The second kappa shape index (κ2) is 5.41. The molecule has 1 aliphatic heterocycles. The number of benzene rings is 1. The zero-order valence-corrected chi connectivity index (χ0v) is 12.3. The SMILES string of the molecule is Cn1cnnc1C[S@](=O)c1cc2c(cc1Cl)OCCO2. The van der Waals surface area contributed by atoms with Gasteiger partial charge in [-0.1, -0.05) is 11.6 Å². The second-order valence-corrected chi connectivity index (χ2v) is 6.10. The number of aryl methyl sites for hydroxylation is 1. The highest BCUT2D eigenvalue weighted by molar-refractivity contribution is 7.84. The summed E-state index contributed by atoms with van der Waals surface area (Å²) in [7, 11) is 0.480. The highest BCUT2D eigenvalue weighted by atomic mass is 35.5. The molecular formula is C12H12ClN3O3S. The van der Waals surface area contributed by atoms with E-state index in [9.17, 15) is 4.21 Å². The van der Waals surface area contributed by atoms with Crippen LogP contribution in [0.25, 0.3) is 0 Å². The van der Waals surface area contributed by atoms with Crippen molar-refractivity contribution in [2.24, 2.45) is 7.05 Å². The Labute approximate surface area is 123 Å². The Morgan fingerprint density at radius 2 is 2.05 bits per heavy atom. The van der Waals surface area contributed by atoms with Gasteiger partial charge in [-0.2, -0.15) is 0 Å². The number of aromatic nitrogens is 3. The van der Waals surface area contributed by atoms with E-state index in [2.05, 4.69) is 10.2 Å². The van der Waals surface area contributed by atoms with Crippen LogP contribution in [0.5, 0.6) is 11.5 Å². The number of rotatable bonds is 3. The van der Waals surface area contributed by atoms with E-state index in [0.717, 1.165) is 0 Å². The molecule has 1 atom stereocenters. The van der Waals surface area contributed by atoms with Gasteiger partial charge in [0.25, 0.3) is 0 Å². The average molecular weight is 314 g/mol. The Morgan fingerprint density at radius 1 is 1.35 bits per heavy atom. The van der Waals surface area contributed by atoms with Crippen molar-refractivity contribution in [3.05, 3.63) is 29.3 Å². The molecule has 1 aliphatic rings. The number of hydrogen-bond donors (Lipinski definition) is 0. The summed E-state index contributed by atoms with van der Waals surface area (Å²) in [5, 5.41) is 8.08. The van der Waals surface area contributed by atoms with Gasteiger partial charge in [0, 0.05) is 19.2 Å². The van der Waals surface area contributed by atoms with Crippen molar-refractivity contribution in [1.29, 1.82) is 0 Å². The van der Waals surface area contributed by atoms with Crippen LogP contribution in [0.4, 0.5) is 0 Å². The van der Waals surface area contributed by atoms with E-state index in [1.807, 2.05) is 0 Å². The Bertz CT molecular complexity index is 674. The zero-order valence-electron chi connectivity index (χ0n) is 10.7. The van der Waals surface area contributed by atoms with Crippen molar-refractivity contribution < 1.29 is 13.7 Å². The Balaban J connectivity index is 1.89. The smallest absolute Gasteiger partial charge is 0.162 e. The monoisotopic (exact) mass is 313 g/mol. The van der Waals surface area contributed by atoms with Crippen LogP contribution in [-0.4, -0.2) is 32.2 Å². The molecule has 0 saturated heterocycles. The third-order valence-electron chi connectivity index (χ3n) is 2.91. The normalized spacial score (nSPS) is 15.1. The summed E-state index contributed by atoms with van der Waals surface area (Å²) in [6, 6.07) is 3.31. The fourth-order valence-corrected chi connectivity index (χ4v) is 3.43. The van der Waals surface area contributed by atoms with Crippen LogP contribution in [0.15, 0.2) is 23.4 Å². The number of nitrogens with zero attached hydrogens (tertiary/aromatic N) is 3. The van der Waals surface area contributed by atoms with Crippen molar-refractivity contribution in [1.82, 2.24) is 14.8 Å². The van der Waals surface area contributed by atoms with Crippen molar-refractivity contribution in [3.63, 3.8) is 0 Å². The van der Waals surface area contributed by atoms with E-state index >= 15 is 0 Å². The summed E-state index contributed by atoms with van der Waals surface area (Å²) < 4.78 is 25.1. The minimum atomic E-state index is -1.32. The lowest BCUT2D eigenvalue weighted by Gasteiger charge is -2.19. The molecular weight excluding hydrogens is 302 g/mol. The third-order valence-corrected chi connectivity index (χ3v) is 4.68. The number of fused-ring (bicyclic) bond motifs is 1. The van der Waals surface area contributed by atoms with Crippen LogP contribution in [0.2, 0.25) is 5.02 Å². The summed E-state index contributed by atoms with van der Waals surface area (Å²) in [6.45, 7) is 0.967. The molecule has 8 heteroatoms. The molecule has 0 amide bonds. The maximum absolute atomic E-state index is 12.4. The first kappa shape index (κ1) is 13.4. The van der Waals surface area contributed by atoms with Gasteiger partial charge in [0.1, 0.15) is 25.4 Å². The molecule has 0 aliphatic carbocycles. The third kappa shape index (κ3) is 2.51. The summed E-state index contributed by atoms with van der Waals surface area (Å²) in [6.07, 6.45) is 1.57. The van der Waals surface area contributed by atoms with Crippen LogP contribution >= 0.6 is 11.6 Å². The molecule has 0 fully saturated rings. The molecule has 0 bridgehead atoms. The lowest BCUT2D eigenvalue weighted by atomic mass is 10.3. The van der Waals surface area contributed by atoms with E-state index in [1.54, 1.807) is 30.1 Å². The minimum absolute atomic E-state index is 0.246. The van der Waals surface area contributed by atoms with E-state index in [4.69, 9.17) is 21.1 Å². The van der Waals surface area contributed by atoms with E-state index < -0.39 is 10.8 Å². The maximum atomic E-state index is 12.4. The standard InChI is InChI=1S/C12H12ClN3O3S/c1-16-7-14-15-12(16)6-20(17)11-5-10-9(4-8(11)13)18-2-3-19-10/h4-5,7H,2-3,6H2,1H3/t20-/m0/s1. The fourth-order valence-electron chi connectivity index (χ4n) is 1.85. The second-order valence-electron chi connectivity index (χ2n) is 4.27. The topological polar surface area (TPSA) is 66.2 Å². The van der Waals surface area contributed by atoms with Gasteiger partial charge in [-0.15, -0.1) is 10.2 Å². The molecule has 20 heavy (non-hydrogen) atoms. The van der Waals surface area contributed by atoms with Crippen LogP contribution in [0.1, 0.15) is 5.82 Å². The summed E-state index contributed by atoms with van der Waals surface area (Å²) in [5.41, 5.74) is 0. The molecule has 0 saturated carbocycles. The van der Waals surface area contributed by atoms with Crippen molar-refractivity contribution in [3.8, 4) is 11.5 Å². The van der Waals surface area contributed by atoms with Gasteiger partial charge in [-0.05, 0) is 0 Å². The highest BCUT2D eigenvalue weighted by Gasteiger charge is 2.19. The zero-order chi connectivity index (χ0) is 14.1. The highest BCUT2D eigenvalue weighted by Crippen LogP contribution is 2.37. The molecule has 6 nitrogen and oxygen atoms in total. The first-order chi connectivity index (χ1) is 9.65. The van der Waals surface area contributed by atoms with Gasteiger partial charge in [-0.25, -0.2) is 0 Å². The van der Waals surface area contributed by atoms with Gasteiger partial charge >= 0.3 is 0 Å². The van der Waals surface area contributed by atoms with Crippen molar-refractivity contribution >= 4 is 22.4 Å². The Hall–Kier alpha value is -1.60. The average Bonchev–Trinajstić information content (AvgIpc) is 2.83. The van der Waals surface area contributed by atoms with Gasteiger partial charge in [0.2, 0.25) is 0 Å². The minimum Gasteiger partial charge on any atom is -0.486 e. The molecule has 0 radical (unpaired) electrons. The Kier molecular flexibility index (Phi) is 3.62. The van der Waals surface area contributed by atoms with Crippen LogP contribution < -0.4 is 9.47 Å². The van der Waals surface area contributed by atoms with Crippen molar-refractivity contribution in [2.45, 2.75) is 10.6 Å². The van der Waals surface area contributed by atoms with E-state index in [1.165, 1.54) is 0 Å². The van der Waals surface area contributed by atoms with Gasteiger partial charge in [0.15, 0.2) is 11.5 Å². The molecule has 106 valence electrons. The van der Waals surface area contributed by atoms with E-state index in [0.29, 0.717) is 40.5 Å². The van der Waals surface area contributed by atoms with Crippen LogP contribution in [0.3, 0.4) is 0 Å². The van der Waals surface area contributed by atoms with Crippen molar-refractivity contribution in [2.75, 3.05) is 13.2 Å². The molecule has 0 N–H and O–H groups in total. The molecule has 1 aromatic heterocycles. The first-order valence-electron chi connectivity index (χ1n) is 5.95. The Morgan fingerprint density at radius 3 is 2.70 bits per heavy atom. The summed E-state index contributed by atoms with van der Waals surface area (Å²) in [4.78, 5) is 0.513. The van der Waals surface area contributed by atoms with Gasteiger partial charge in [-0.3, -0.25) is 4.21 Å². The molecule has 3 rings (SSSR count).